The molecule has 0 saturated heterocycles. The minimum absolute atomic E-state index is 0.00768. The summed E-state index contributed by atoms with van der Waals surface area (Å²) in [4.78, 5) is 48.2. The Labute approximate surface area is 136 Å². The average Bonchev–Trinajstić information content (AvgIpc) is 2.56. The SMILES string of the molecule is O=C(CCn1cc[nH]c(=O)c1=O)N[C@@H](Cc1ccccc1)C(=O)O. The van der Waals surface area contributed by atoms with E-state index >= 15 is 0 Å². The Balaban J connectivity index is 1.96. The number of nitrogens with zero attached hydrogens (tertiary/aromatic N) is 1. The molecule has 0 spiro atoms. The molecule has 1 amide bonds. The topological polar surface area (TPSA) is 121 Å². The van der Waals surface area contributed by atoms with Crippen LogP contribution in [-0.4, -0.2) is 32.6 Å². The number of rotatable bonds is 7. The van der Waals surface area contributed by atoms with Gasteiger partial charge < -0.3 is 20.0 Å². The predicted octanol–water partition coefficient (Wildman–Crippen LogP) is -0.261. The van der Waals surface area contributed by atoms with Crippen LogP contribution < -0.4 is 16.4 Å². The van der Waals surface area contributed by atoms with Crippen LogP contribution in [0.5, 0.6) is 0 Å². The number of hydrogen-bond donors (Lipinski definition) is 3. The third kappa shape index (κ3) is 4.67. The van der Waals surface area contributed by atoms with Crippen LogP contribution in [-0.2, 0) is 22.6 Å². The van der Waals surface area contributed by atoms with E-state index in [1.165, 1.54) is 12.4 Å². The van der Waals surface area contributed by atoms with Crippen molar-refractivity contribution in [3.8, 4) is 0 Å². The van der Waals surface area contributed by atoms with Gasteiger partial charge in [0.2, 0.25) is 5.91 Å². The molecule has 0 aliphatic carbocycles. The van der Waals surface area contributed by atoms with Gasteiger partial charge in [0.05, 0.1) is 0 Å². The van der Waals surface area contributed by atoms with Crippen molar-refractivity contribution in [1.29, 1.82) is 0 Å². The molecule has 1 heterocycles. The van der Waals surface area contributed by atoms with E-state index in [9.17, 15) is 24.3 Å². The fourth-order valence-corrected chi connectivity index (χ4v) is 2.18. The molecule has 0 fully saturated rings. The third-order valence-electron chi connectivity index (χ3n) is 3.42. The maximum Gasteiger partial charge on any atom is 0.326 e. The van der Waals surface area contributed by atoms with Crippen LogP contribution in [0.1, 0.15) is 12.0 Å². The number of aromatic nitrogens is 2. The van der Waals surface area contributed by atoms with Crippen molar-refractivity contribution in [1.82, 2.24) is 14.9 Å². The molecule has 0 aliphatic rings. The van der Waals surface area contributed by atoms with Crippen molar-refractivity contribution in [2.45, 2.75) is 25.4 Å². The second-order valence-electron chi connectivity index (χ2n) is 5.19. The van der Waals surface area contributed by atoms with E-state index in [2.05, 4.69) is 10.3 Å². The van der Waals surface area contributed by atoms with Crippen LogP contribution >= 0.6 is 0 Å². The lowest BCUT2D eigenvalue weighted by Crippen LogP contribution is -2.43. The fraction of sp³-hybridized carbons (Fsp3) is 0.250. The number of amides is 1. The summed E-state index contributed by atoms with van der Waals surface area (Å²) in [6.07, 6.45) is 2.71. The predicted molar refractivity (Wildman–Crippen MR) is 85.7 cm³/mol. The minimum atomic E-state index is -1.14. The van der Waals surface area contributed by atoms with Crippen LogP contribution in [0, 0.1) is 0 Å². The van der Waals surface area contributed by atoms with Gasteiger partial charge in [-0.25, -0.2) is 4.79 Å². The van der Waals surface area contributed by atoms with E-state index in [0.717, 1.165) is 10.1 Å². The zero-order chi connectivity index (χ0) is 17.5. The first kappa shape index (κ1) is 17.2. The lowest BCUT2D eigenvalue weighted by atomic mass is 10.1. The quantitative estimate of drug-likeness (QED) is 0.604. The van der Waals surface area contributed by atoms with E-state index < -0.39 is 29.0 Å². The summed E-state index contributed by atoms with van der Waals surface area (Å²) in [5.41, 5.74) is -0.745. The van der Waals surface area contributed by atoms with E-state index in [1.807, 2.05) is 6.07 Å². The normalized spacial score (nSPS) is 11.7. The van der Waals surface area contributed by atoms with Gasteiger partial charge in [0.15, 0.2) is 0 Å². The third-order valence-corrected chi connectivity index (χ3v) is 3.42. The van der Waals surface area contributed by atoms with E-state index in [4.69, 9.17) is 0 Å². The molecule has 1 aromatic carbocycles. The highest BCUT2D eigenvalue weighted by atomic mass is 16.4. The number of H-pyrrole nitrogens is 1. The Morgan fingerprint density at radius 1 is 1.21 bits per heavy atom. The highest BCUT2D eigenvalue weighted by Crippen LogP contribution is 2.04. The minimum Gasteiger partial charge on any atom is -0.480 e. The zero-order valence-corrected chi connectivity index (χ0v) is 12.8. The first-order valence-electron chi connectivity index (χ1n) is 7.31. The molecule has 0 unspecified atom stereocenters. The number of hydrogen-bond acceptors (Lipinski definition) is 4. The number of aliphatic carboxylic acids is 1. The summed E-state index contributed by atoms with van der Waals surface area (Å²) in [6.45, 7) is -0.00768. The van der Waals surface area contributed by atoms with Crippen molar-refractivity contribution in [3.63, 3.8) is 0 Å². The number of benzene rings is 1. The van der Waals surface area contributed by atoms with Gasteiger partial charge in [-0.3, -0.25) is 14.4 Å². The first-order valence-corrected chi connectivity index (χ1v) is 7.31. The van der Waals surface area contributed by atoms with Gasteiger partial charge in [-0.1, -0.05) is 30.3 Å². The summed E-state index contributed by atoms with van der Waals surface area (Å²) < 4.78 is 1.10. The summed E-state index contributed by atoms with van der Waals surface area (Å²) in [6, 6.07) is 7.88. The second kappa shape index (κ2) is 7.91. The highest BCUT2D eigenvalue weighted by Gasteiger charge is 2.20. The molecule has 0 saturated carbocycles. The van der Waals surface area contributed by atoms with Gasteiger partial charge in [-0.2, -0.15) is 0 Å². The molecule has 0 radical (unpaired) electrons. The molecule has 1 atom stereocenters. The summed E-state index contributed by atoms with van der Waals surface area (Å²) in [7, 11) is 0. The molecule has 8 heteroatoms. The molecular weight excluding hydrogens is 314 g/mol. The Hall–Kier alpha value is -3.16. The molecule has 24 heavy (non-hydrogen) atoms. The van der Waals surface area contributed by atoms with Gasteiger partial charge >= 0.3 is 17.1 Å². The number of nitrogens with one attached hydrogen (secondary N) is 2. The molecule has 2 rings (SSSR count). The average molecular weight is 331 g/mol. The summed E-state index contributed by atoms with van der Waals surface area (Å²) in [5, 5.41) is 11.7. The van der Waals surface area contributed by atoms with Crippen LogP contribution in [0.25, 0.3) is 0 Å². The number of aryl methyl sites for hydroxylation is 1. The number of carboxylic acids is 1. The van der Waals surface area contributed by atoms with Crippen molar-refractivity contribution < 1.29 is 14.7 Å². The number of carbonyl (C=O) groups is 2. The molecule has 2 aromatic rings. The van der Waals surface area contributed by atoms with Crippen molar-refractivity contribution in [3.05, 3.63) is 69.0 Å². The Morgan fingerprint density at radius 2 is 1.92 bits per heavy atom. The van der Waals surface area contributed by atoms with Crippen molar-refractivity contribution >= 4 is 11.9 Å². The molecule has 8 nitrogen and oxygen atoms in total. The highest BCUT2D eigenvalue weighted by molar-refractivity contribution is 5.83. The van der Waals surface area contributed by atoms with Gasteiger partial charge in [0.25, 0.3) is 0 Å². The van der Waals surface area contributed by atoms with Crippen LogP contribution in [0.15, 0.2) is 52.3 Å². The molecule has 0 bridgehead atoms. The van der Waals surface area contributed by atoms with Crippen molar-refractivity contribution in [2.75, 3.05) is 0 Å². The van der Waals surface area contributed by atoms with E-state index in [1.54, 1.807) is 24.3 Å². The largest absolute Gasteiger partial charge is 0.480 e. The molecule has 0 aliphatic heterocycles. The second-order valence-corrected chi connectivity index (χ2v) is 5.19. The molecular formula is C16H17N3O5. The Bertz CT molecular complexity index is 825. The van der Waals surface area contributed by atoms with Gasteiger partial charge in [-0.05, 0) is 5.56 Å². The monoisotopic (exact) mass is 331 g/mol. The number of aromatic amines is 1. The van der Waals surface area contributed by atoms with Gasteiger partial charge in [0.1, 0.15) is 6.04 Å². The van der Waals surface area contributed by atoms with Crippen molar-refractivity contribution in [2.24, 2.45) is 0 Å². The smallest absolute Gasteiger partial charge is 0.326 e. The maximum atomic E-state index is 11.9. The van der Waals surface area contributed by atoms with E-state index in [-0.39, 0.29) is 19.4 Å². The Kier molecular flexibility index (Phi) is 5.67. The standard InChI is InChI=1S/C16H17N3O5/c20-13(6-8-19-9-7-17-14(21)15(19)22)18-12(16(23)24)10-11-4-2-1-3-5-11/h1-5,7,9,12H,6,8,10H2,(H,17,21)(H,18,20)(H,23,24)/t12-/m0/s1. The summed E-state index contributed by atoms with van der Waals surface area (Å²) in [5.74, 6) is -1.65. The molecule has 126 valence electrons. The zero-order valence-electron chi connectivity index (χ0n) is 12.8. The van der Waals surface area contributed by atoms with E-state index in [0.29, 0.717) is 0 Å². The first-order chi connectivity index (χ1) is 11.5. The lowest BCUT2D eigenvalue weighted by Gasteiger charge is -2.15. The maximum absolute atomic E-state index is 11.9. The van der Waals surface area contributed by atoms with Crippen LogP contribution in [0.2, 0.25) is 0 Å². The molecule has 1 aromatic heterocycles. The fourth-order valence-electron chi connectivity index (χ4n) is 2.18. The lowest BCUT2D eigenvalue weighted by molar-refractivity contribution is -0.141. The number of carbonyl (C=O) groups excluding carboxylic acids is 1. The Morgan fingerprint density at radius 3 is 2.58 bits per heavy atom. The van der Waals surface area contributed by atoms with Gasteiger partial charge in [-0.15, -0.1) is 0 Å². The number of carboxylic acid groups (broad SMARTS) is 1. The van der Waals surface area contributed by atoms with Crippen LogP contribution in [0.3, 0.4) is 0 Å². The summed E-state index contributed by atoms with van der Waals surface area (Å²) >= 11 is 0. The van der Waals surface area contributed by atoms with Gasteiger partial charge in [0, 0.05) is 31.8 Å². The van der Waals surface area contributed by atoms with Crippen LogP contribution in [0.4, 0.5) is 0 Å². The molecule has 3 N–H and O–H groups in total.